The lowest BCUT2D eigenvalue weighted by Gasteiger charge is -2.38. The van der Waals surface area contributed by atoms with Crippen molar-refractivity contribution in [3.8, 4) is 17.2 Å². The maximum atomic E-state index is 12.8. The SMILES string of the molecule is COc1cc(C(=O)C(=O)N2CC[C@H]2C(=O)OCCCc2cccnc2)cc(OC)c1OC. The monoisotopic (exact) mass is 442 g/mol. The summed E-state index contributed by atoms with van der Waals surface area (Å²) in [4.78, 5) is 43.2. The number of benzene rings is 1. The molecule has 32 heavy (non-hydrogen) atoms. The molecule has 0 N–H and O–H groups in total. The average Bonchev–Trinajstić information content (AvgIpc) is 2.80. The minimum Gasteiger partial charge on any atom is -0.493 e. The Morgan fingerprint density at radius 1 is 1.09 bits per heavy atom. The first-order chi connectivity index (χ1) is 15.5. The van der Waals surface area contributed by atoms with Crippen LogP contribution in [0.25, 0.3) is 0 Å². The number of esters is 1. The van der Waals surface area contributed by atoms with Gasteiger partial charge in [0.1, 0.15) is 6.04 Å². The molecule has 1 aliphatic heterocycles. The molecule has 0 unspecified atom stereocenters. The van der Waals surface area contributed by atoms with Crippen molar-refractivity contribution >= 4 is 17.7 Å². The van der Waals surface area contributed by atoms with Crippen LogP contribution < -0.4 is 14.2 Å². The number of hydrogen-bond acceptors (Lipinski definition) is 8. The maximum absolute atomic E-state index is 12.8. The van der Waals surface area contributed by atoms with Gasteiger partial charge in [-0.3, -0.25) is 14.6 Å². The van der Waals surface area contributed by atoms with Crippen molar-refractivity contribution in [2.45, 2.75) is 25.3 Å². The van der Waals surface area contributed by atoms with Gasteiger partial charge in [0, 0.05) is 24.5 Å². The number of Topliss-reactive ketones (excluding diaryl/α,β-unsaturated/α-hetero) is 1. The lowest BCUT2D eigenvalue weighted by atomic mass is 10.00. The fourth-order valence-electron chi connectivity index (χ4n) is 3.43. The van der Waals surface area contributed by atoms with Crippen molar-refractivity contribution in [3.05, 3.63) is 47.8 Å². The van der Waals surface area contributed by atoms with Crippen molar-refractivity contribution in [1.82, 2.24) is 9.88 Å². The van der Waals surface area contributed by atoms with E-state index < -0.39 is 23.7 Å². The Bertz CT molecular complexity index is 953. The van der Waals surface area contributed by atoms with Gasteiger partial charge in [0.05, 0.1) is 27.9 Å². The summed E-state index contributed by atoms with van der Waals surface area (Å²) < 4.78 is 21.0. The van der Waals surface area contributed by atoms with Crippen LogP contribution in [-0.4, -0.2) is 68.1 Å². The summed E-state index contributed by atoms with van der Waals surface area (Å²) in [6.07, 6.45) is 5.29. The predicted molar refractivity (Wildman–Crippen MR) is 114 cm³/mol. The van der Waals surface area contributed by atoms with Crippen molar-refractivity contribution in [2.24, 2.45) is 0 Å². The number of nitrogens with zero attached hydrogens (tertiary/aromatic N) is 2. The summed E-state index contributed by atoms with van der Waals surface area (Å²) >= 11 is 0. The van der Waals surface area contributed by atoms with Crippen LogP contribution in [-0.2, 0) is 20.7 Å². The van der Waals surface area contributed by atoms with Crippen LogP contribution in [0.1, 0.15) is 28.8 Å². The van der Waals surface area contributed by atoms with E-state index in [1.807, 2.05) is 12.1 Å². The lowest BCUT2D eigenvalue weighted by Crippen LogP contribution is -2.57. The van der Waals surface area contributed by atoms with E-state index in [0.717, 1.165) is 12.0 Å². The molecule has 1 saturated heterocycles. The summed E-state index contributed by atoms with van der Waals surface area (Å²) in [5, 5.41) is 0. The van der Waals surface area contributed by atoms with Crippen LogP contribution in [0.15, 0.2) is 36.7 Å². The van der Waals surface area contributed by atoms with Gasteiger partial charge in [0.15, 0.2) is 11.5 Å². The first-order valence-corrected chi connectivity index (χ1v) is 10.2. The standard InChI is InChI=1S/C23H26N2O7/c1-29-18-12-16(13-19(30-2)21(18)31-3)20(26)22(27)25-10-8-17(25)23(28)32-11-5-7-15-6-4-9-24-14-15/h4,6,9,12-14,17H,5,7-8,10-11H2,1-3H3/t17-/m0/s1. The van der Waals surface area contributed by atoms with Gasteiger partial charge >= 0.3 is 5.97 Å². The number of methoxy groups -OCH3 is 3. The number of carbonyl (C=O) groups is 3. The van der Waals surface area contributed by atoms with Crippen LogP contribution in [0.5, 0.6) is 17.2 Å². The van der Waals surface area contributed by atoms with Gasteiger partial charge < -0.3 is 23.8 Å². The summed E-state index contributed by atoms with van der Waals surface area (Å²) in [5.74, 6) is -1.21. The van der Waals surface area contributed by atoms with E-state index in [0.29, 0.717) is 25.1 Å². The zero-order valence-electron chi connectivity index (χ0n) is 18.3. The number of amides is 1. The van der Waals surface area contributed by atoms with E-state index >= 15 is 0 Å². The van der Waals surface area contributed by atoms with Gasteiger partial charge in [0.2, 0.25) is 5.75 Å². The van der Waals surface area contributed by atoms with Gasteiger partial charge in [-0.1, -0.05) is 6.07 Å². The highest BCUT2D eigenvalue weighted by atomic mass is 16.5. The third-order valence-corrected chi connectivity index (χ3v) is 5.25. The van der Waals surface area contributed by atoms with Crippen LogP contribution >= 0.6 is 0 Å². The molecule has 0 aliphatic carbocycles. The number of hydrogen-bond donors (Lipinski definition) is 0. The Morgan fingerprint density at radius 3 is 2.34 bits per heavy atom. The Hall–Kier alpha value is -3.62. The first-order valence-electron chi connectivity index (χ1n) is 10.2. The van der Waals surface area contributed by atoms with Crippen LogP contribution in [0.4, 0.5) is 0 Å². The molecule has 9 nitrogen and oxygen atoms in total. The first kappa shape index (κ1) is 23.1. The molecule has 1 aromatic carbocycles. The molecular formula is C23H26N2O7. The molecule has 0 radical (unpaired) electrons. The predicted octanol–water partition coefficient (Wildman–Crippen LogP) is 2.07. The minimum absolute atomic E-state index is 0.0833. The summed E-state index contributed by atoms with van der Waals surface area (Å²) in [7, 11) is 4.28. The third-order valence-electron chi connectivity index (χ3n) is 5.25. The fourth-order valence-corrected chi connectivity index (χ4v) is 3.43. The quantitative estimate of drug-likeness (QED) is 0.238. The molecule has 2 aromatic rings. The minimum atomic E-state index is -0.775. The highest BCUT2D eigenvalue weighted by Crippen LogP contribution is 2.38. The fraction of sp³-hybridized carbons (Fsp3) is 0.391. The second-order valence-corrected chi connectivity index (χ2v) is 7.18. The summed E-state index contributed by atoms with van der Waals surface area (Å²) in [5.41, 5.74) is 1.14. The highest BCUT2D eigenvalue weighted by molar-refractivity contribution is 6.43. The molecule has 2 heterocycles. The van der Waals surface area contributed by atoms with E-state index in [-0.39, 0.29) is 23.7 Å². The van der Waals surface area contributed by atoms with Crippen molar-refractivity contribution in [3.63, 3.8) is 0 Å². The number of aryl methyl sites for hydroxylation is 1. The number of rotatable bonds is 10. The third kappa shape index (κ3) is 4.99. The zero-order valence-corrected chi connectivity index (χ0v) is 18.3. The van der Waals surface area contributed by atoms with Gasteiger partial charge in [-0.25, -0.2) is 4.79 Å². The number of likely N-dealkylation sites (tertiary alicyclic amines) is 1. The van der Waals surface area contributed by atoms with Crippen molar-refractivity contribution in [2.75, 3.05) is 34.5 Å². The lowest BCUT2D eigenvalue weighted by molar-refractivity contribution is -0.160. The van der Waals surface area contributed by atoms with E-state index in [9.17, 15) is 14.4 Å². The zero-order chi connectivity index (χ0) is 23.1. The smallest absolute Gasteiger partial charge is 0.328 e. The number of pyridine rings is 1. The number of ether oxygens (including phenoxy) is 4. The van der Waals surface area contributed by atoms with Gasteiger partial charge in [0.25, 0.3) is 11.7 Å². The van der Waals surface area contributed by atoms with Crippen molar-refractivity contribution in [1.29, 1.82) is 0 Å². The van der Waals surface area contributed by atoms with Crippen LogP contribution in [0.3, 0.4) is 0 Å². The van der Waals surface area contributed by atoms with E-state index in [2.05, 4.69) is 4.98 Å². The normalized spacial score (nSPS) is 14.8. The molecule has 1 fully saturated rings. The Kier molecular flexibility index (Phi) is 7.64. The van der Waals surface area contributed by atoms with Gasteiger partial charge in [-0.05, 0) is 43.0 Å². The Labute approximate surface area is 186 Å². The highest BCUT2D eigenvalue weighted by Gasteiger charge is 2.41. The molecule has 1 aromatic heterocycles. The Balaban J connectivity index is 1.59. The molecule has 0 saturated carbocycles. The number of ketones is 1. The molecule has 3 rings (SSSR count). The molecule has 9 heteroatoms. The summed E-state index contributed by atoms with van der Waals surface area (Å²) in [6, 6.07) is 5.87. The average molecular weight is 442 g/mol. The molecule has 1 amide bonds. The second kappa shape index (κ2) is 10.6. The number of carbonyl (C=O) groups excluding carboxylic acids is 3. The molecule has 170 valence electrons. The molecule has 0 bridgehead atoms. The van der Waals surface area contributed by atoms with Crippen molar-refractivity contribution < 1.29 is 33.3 Å². The second-order valence-electron chi connectivity index (χ2n) is 7.18. The van der Waals surface area contributed by atoms with E-state index in [4.69, 9.17) is 18.9 Å². The number of aromatic nitrogens is 1. The van der Waals surface area contributed by atoms with Crippen LogP contribution in [0, 0.1) is 0 Å². The summed E-state index contributed by atoms with van der Waals surface area (Å²) in [6.45, 7) is 0.539. The van der Waals surface area contributed by atoms with E-state index in [1.54, 1.807) is 12.4 Å². The van der Waals surface area contributed by atoms with Gasteiger partial charge in [-0.2, -0.15) is 0 Å². The topological polar surface area (TPSA) is 104 Å². The van der Waals surface area contributed by atoms with Gasteiger partial charge in [-0.15, -0.1) is 0 Å². The molecule has 1 aliphatic rings. The molecule has 0 spiro atoms. The van der Waals surface area contributed by atoms with E-state index in [1.165, 1.54) is 38.4 Å². The molecular weight excluding hydrogens is 416 g/mol. The molecule has 1 atom stereocenters. The largest absolute Gasteiger partial charge is 0.493 e. The maximum Gasteiger partial charge on any atom is 0.328 e. The Morgan fingerprint density at radius 2 is 1.81 bits per heavy atom. The van der Waals surface area contributed by atoms with Crippen LogP contribution in [0.2, 0.25) is 0 Å².